The standard InChI is InChI=1S/C8H12N2O2/c1-6(2)7(5-10)8(11)12-4-3-9/h3-4,9H2,1-2H3. The lowest BCUT2D eigenvalue weighted by Gasteiger charge is -2.01. The molecule has 0 atom stereocenters. The van der Waals surface area contributed by atoms with Crippen molar-refractivity contribution in [3.8, 4) is 6.07 Å². The number of esters is 1. The molecule has 0 aromatic heterocycles. The Bertz CT molecular complexity index is 234. The Balaban J connectivity index is 4.28. The van der Waals surface area contributed by atoms with E-state index in [0.29, 0.717) is 5.57 Å². The molecule has 0 aromatic rings. The van der Waals surface area contributed by atoms with Gasteiger partial charge in [-0.05, 0) is 13.8 Å². The second kappa shape index (κ2) is 5.33. The fourth-order valence-electron chi connectivity index (χ4n) is 0.585. The van der Waals surface area contributed by atoms with Crippen LogP contribution in [0.1, 0.15) is 13.8 Å². The largest absolute Gasteiger partial charge is 0.460 e. The van der Waals surface area contributed by atoms with Crippen molar-refractivity contribution < 1.29 is 9.53 Å². The van der Waals surface area contributed by atoms with Crippen LogP contribution < -0.4 is 5.73 Å². The number of carbonyl (C=O) groups is 1. The van der Waals surface area contributed by atoms with Gasteiger partial charge in [0, 0.05) is 6.54 Å². The molecule has 0 aliphatic carbocycles. The van der Waals surface area contributed by atoms with E-state index in [0.717, 1.165) is 0 Å². The van der Waals surface area contributed by atoms with E-state index in [9.17, 15) is 4.79 Å². The predicted molar refractivity (Wildman–Crippen MR) is 44.0 cm³/mol. The van der Waals surface area contributed by atoms with Gasteiger partial charge in [0.25, 0.3) is 0 Å². The van der Waals surface area contributed by atoms with Crippen LogP contribution in [0.15, 0.2) is 11.1 Å². The van der Waals surface area contributed by atoms with E-state index in [-0.39, 0.29) is 18.7 Å². The molecule has 0 radical (unpaired) electrons. The van der Waals surface area contributed by atoms with Crippen molar-refractivity contribution in [3.63, 3.8) is 0 Å². The summed E-state index contributed by atoms with van der Waals surface area (Å²) in [6, 6.07) is 1.77. The minimum atomic E-state index is -0.594. The smallest absolute Gasteiger partial charge is 0.348 e. The third-order valence-corrected chi connectivity index (χ3v) is 1.17. The van der Waals surface area contributed by atoms with Crippen LogP contribution in [0.4, 0.5) is 0 Å². The van der Waals surface area contributed by atoms with E-state index in [1.165, 1.54) is 0 Å². The topological polar surface area (TPSA) is 76.1 Å². The molecule has 0 fully saturated rings. The van der Waals surface area contributed by atoms with Crippen molar-refractivity contribution in [2.75, 3.05) is 13.2 Å². The van der Waals surface area contributed by atoms with Crippen molar-refractivity contribution in [1.29, 1.82) is 5.26 Å². The third-order valence-electron chi connectivity index (χ3n) is 1.17. The van der Waals surface area contributed by atoms with Crippen LogP contribution in [0.5, 0.6) is 0 Å². The minimum absolute atomic E-state index is 0.0588. The lowest BCUT2D eigenvalue weighted by atomic mass is 10.2. The molecule has 0 unspecified atom stereocenters. The van der Waals surface area contributed by atoms with Crippen LogP contribution in [0, 0.1) is 11.3 Å². The number of hydrogen-bond acceptors (Lipinski definition) is 4. The first-order valence-electron chi connectivity index (χ1n) is 3.58. The summed E-state index contributed by atoms with van der Waals surface area (Å²) in [5.74, 6) is -0.594. The lowest BCUT2D eigenvalue weighted by molar-refractivity contribution is -0.138. The fourth-order valence-corrected chi connectivity index (χ4v) is 0.585. The Kier molecular flexibility index (Phi) is 4.73. The molecule has 12 heavy (non-hydrogen) atoms. The molecular weight excluding hydrogens is 156 g/mol. The highest BCUT2D eigenvalue weighted by atomic mass is 16.5. The van der Waals surface area contributed by atoms with Crippen molar-refractivity contribution in [2.24, 2.45) is 5.73 Å². The van der Waals surface area contributed by atoms with E-state index in [4.69, 9.17) is 11.0 Å². The van der Waals surface area contributed by atoms with Gasteiger partial charge < -0.3 is 10.5 Å². The monoisotopic (exact) mass is 168 g/mol. The molecule has 0 saturated heterocycles. The van der Waals surface area contributed by atoms with Crippen molar-refractivity contribution in [1.82, 2.24) is 0 Å². The summed E-state index contributed by atoms with van der Waals surface area (Å²) in [5, 5.41) is 8.53. The number of nitrogens with two attached hydrogens (primary N) is 1. The summed E-state index contributed by atoms with van der Waals surface area (Å²) in [5.41, 5.74) is 5.83. The quantitative estimate of drug-likeness (QED) is 0.374. The number of allylic oxidation sites excluding steroid dienone is 1. The molecule has 0 aliphatic rings. The summed E-state index contributed by atoms with van der Waals surface area (Å²) in [7, 11) is 0. The highest BCUT2D eigenvalue weighted by Gasteiger charge is 2.10. The maximum absolute atomic E-state index is 11.0. The van der Waals surface area contributed by atoms with Gasteiger partial charge in [0.15, 0.2) is 0 Å². The van der Waals surface area contributed by atoms with Crippen LogP contribution in [-0.4, -0.2) is 19.1 Å². The number of ether oxygens (including phenoxy) is 1. The molecule has 2 N–H and O–H groups in total. The molecule has 0 spiro atoms. The minimum Gasteiger partial charge on any atom is -0.460 e. The first-order chi connectivity index (χ1) is 5.63. The summed E-state index contributed by atoms with van der Waals surface area (Å²) in [6.45, 7) is 3.79. The van der Waals surface area contributed by atoms with Crippen molar-refractivity contribution in [2.45, 2.75) is 13.8 Å². The Morgan fingerprint density at radius 2 is 2.17 bits per heavy atom. The van der Waals surface area contributed by atoms with E-state index in [1.54, 1.807) is 19.9 Å². The molecule has 4 nitrogen and oxygen atoms in total. The van der Waals surface area contributed by atoms with Gasteiger partial charge in [0.1, 0.15) is 18.2 Å². The fraction of sp³-hybridized carbons (Fsp3) is 0.500. The van der Waals surface area contributed by atoms with E-state index >= 15 is 0 Å². The van der Waals surface area contributed by atoms with Crippen LogP contribution in [0.3, 0.4) is 0 Å². The van der Waals surface area contributed by atoms with E-state index in [1.807, 2.05) is 0 Å². The Labute approximate surface area is 71.6 Å². The molecule has 0 bridgehead atoms. The average Bonchev–Trinajstić information content (AvgIpc) is 2.01. The first kappa shape index (κ1) is 10.7. The SMILES string of the molecule is CC(C)=C(C#N)C(=O)OCCN. The van der Waals surface area contributed by atoms with Gasteiger partial charge >= 0.3 is 5.97 Å². The highest BCUT2D eigenvalue weighted by Crippen LogP contribution is 2.03. The zero-order valence-electron chi connectivity index (χ0n) is 7.26. The van der Waals surface area contributed by atoms with Gasteiger partial charge in [-0.25, -0.2) is 4.79 Å². The van der Waals surface area contributed by atoms with Gasteiger partial charge in [-0.2, -0.15) is 5.26 Å². The molecule has 0 saturated carbocycles. The zero-order chi connectivity index (χ0) is 9.56. The van der Waals surface area contributed by atoms with Crippen molar-refractivity contribution >= 4 is 5.97 Å². The van der Waals surface area contributed by atoms with Gasteiger partial charge in [-0.15, -0.1) is 0 Å². The molecule has 0 heterocycles. The summed E-state index contributed by atoms with van der Waals surface area (Å²) >= 11 is 0. The van der Waals surface area contributed by atoms with Gasteiger partial charge in [0.05, 0.1) is 0 Å². The van der Waals surface area contributed by atoms with Crippen LogP contribution in [0.2, 0.25) is 0 Å². The second-order valence-corrected chi connectivity index (χ2v) is 2.41. The van der Waals surface area contributed by atoms with Crippen LogP contribution >= 0.6 is 0 Å². The number of nitrogens with zero attached hydrogens (tertiary/aromatic N) is 1. The first-order valence-corrected chi connectivity index (χ1v) is 3.58. The molecule has 0 rings (SSSR count). The predicted octanol–water partition coefficient (Wildman–Crippen LogP) is 0.348. The maximum Gasteiger partial charge on any atom is 0.348 e. The van der Waals surface area contributed by atoms with Gasteiger partial charge in [-0.1, -0.05) is 5.57 Å². The third kappa shape index (κ3) is 3.17. The molecule has 66 valence electrons. The second-order valence-electron chi connectivity index (χ2n) is 2.41. The Morgan fingerprint density at radius 3 is 2.50 bits per heavy atom. The normalized spacial score (nSPS) is 8.50. The molecule has 0 aromatic carbocycles. The number of carbonyl (C=O) groups excluding carboxylic acids is 1. The zero-order valence-corrected chi connectivity index (χ0v) is 7.26. The Morgan fingerprint density at radius 1 is 1.58 bits per heavy atom. The average molecular weight is 168 g/mol. The Hall–Kier alpha value is -1.34. The number of rotatable bonds is 3. The van der Waals surface area contributed by atoms with Gasteiger partial charge in [-0.3, -0.25) is 0 Å². The maximum atomic E-state index is 11.0. The molecule has 0 amide bonds. The molecule has 4 heteroatoms. The molecule has 0 aliphatic heterocycles. The number of nitriles is 1. The lowest BCUT2D eigenvalue weighted by Crippen LogP contribution is -2.15. The summed E-state index contributed by atoms with van der Waals surface area (Å²) in [6.07, 6.45) is 0. The van der Waals surface area contributed by atoms with Gasteiger partial charge in [0.2, 0.25) is 0 Å². The summed E-state index contributed by atoms with van der Waals surface area (Å²) in [4.78, 5) is 11.0. The van der Waals surface area contributed by atoms with Crippen LogP contribution in [-0.2, 0) is 9.53 Å². The van der Waals surface area contributed by atoms with Crippen molar-refractivity contribution in [3.05, 3.63) is 11.1 Å². The summed E-state index contributed by atoms with van der Waals surface area (Å²) < 4.78 is 4.66. The number of hydrogen-bond donors (Lipinski definition) is 1. The van der Waals surface area contributed by atoms with E-state index < -0.39 is 5.97 Å². The molecular formula is C8H12N2O2. The van der Waals surface area contributed by atoms with E-state index in [2.05, 4.69) is 4.74 Å². The highest BCUT2D eigenvalue weighted by molar-refractivity contribution is 5.93. The van der Waals surface area contributed by atoms with Crippen LogP contribution in [0.25, 0.3) is 0 Å².